The second kappa shape index (κ2) is 1.88. The molecule has 2 aliphatic heterocycles. The van der Waals surface area contributed by atoms with E-state index in [1.165, 1.54) is 11.8 Å². The minimum Gasteiger partial charge on any atom is -0.223 e. The molecule has 0 aliphatic carbocycles. The van der Waals surface area contributed by atoms with Gasteiger partial charge >= 0.3 is 5.12 Å². The van der Waals surface area contributed by atoms with Gasteiger partial charge in [0.15, 0.2) is 0 Å². The number of rotatable bonds is 0. The van der Waals surface area contributed by atoms with Gasteiger partial charge in [-0.1, -0.05) is 0 Å². The van der Waals surface area contributed by atoms with E-state index in [9.17, 15) is 8.42 Å². The highest BCUT2D eigenvalue weighted by Gasteiger charge is 2.62. The molecule has 0 radical (unpaired) electrons. The topological polar surface area (TPSA) is 59.2 Å². The molecule has 0 unspecified atom stereocenters. The van der Waals surface area contributed by atoms with E-state index in [4.69, 9.17) is 0 Å². The summed E-state index contributed by atoms with van der Waals surface area (Å²) < 4.78 is 22.2. The summed E-state index contributed by atoms with van der Waals surface area (Å²) in [5.74, 6) is 1.23. The zero-order valence-electron chi connectivity index (χ0n) is 5.07. The molecule has 0 aromatic heterocycles. The van der Waals surface area contributed by atoms with Gasteiger partial charge < -0.3 is 0 Å². The van der Waals surface area contributed by atoms with Crippen molar-refractivity contribution < 1.29 is 18.2 Å². The van der Waals surface area contributed by atoms with Crippen LogP contribution in [0.25, 0.3) is 0 Å². The van der Waals surface area contributed by atoms with Gasteiger partial charge in [0.05, 0.1) is 11.5 Å². The normalized spacial score (nSPS) is 34.0. The average molecular weight is 182 g/mol. The number of hydrogen-bond donors (Lipinski definition) is 0. The van der Waals surface area contributed by atoms with E-state index >= 15 is 0 Å². The fourth-order valence-electron chi connectivity index (χ4n) is 0.809. The highest BCUT2D eigenvalue weighted by atomic mass is 32.2. The molecule has 2 rings (SSSR count). The quantitative estimate of drug-likeness (QED) is 0.382. The Kier molecular flexibility index (Phi) is 1.30. The van der Waals surface area contributed by atoms with Gasteiger partial charge in [-0.25, -0.2) is 8.42 Å². The highest BCUT2D eigenvalue weighted by molar-refractivity contribution is 8.03. The van der Waals surface area contributed by atoms with E-state index in [1.807, 2.05) is 0 Å². The van der Waals surface area contributed by atoms with Gasteiger partial charge in [0.2, 0.25) is 9.84 Å². The number of hydrogen-bond acceptors (Lipinski definition) is 5. The maximum atomic E-state index is 11.1. The monoisotopic (exact) mass is 182 g/mol. The van der Waals surface area contributed by atoms with Crippen LogP contribution in [0.3, 0.4) is 0 Å². The predicted octanol–water partition coefficient (Wildman–Crippen LogP) is -0.236. The highest BCUT2D eigenvalue weighted by Crippen LogP contribution is 2.42. The molecule has 0 aromatic rings. The second-order valence-electron chi connectivity index (χ2n) is 2.22. The minimum atomic E-state index is -3.12. The molecule has 0 bridgehead atoms. The van der Waals surface area contributed by atoms with Crippen molar-refractivity contribution in [3.8, 4) is 0 Å². The Morgan fingerprint density at radius 2 is 2.10 bits per heavy atom. The number of thioether (sulfide) groups is 1. The lowest BCUT2D eigenvalue weighted by Crippen LogP contribution is -2.34. The van der Waals surface area contributed by atoms with E-state index in [2.05, 4.69) is 9.78 Å². The molecule has 4 nitrogen and oxygen atoms in total. The molecule has 0 amide bonds. The summed E-state index contributed by atoms with van der Waals surface area (Å²) in [6.07, 6.45) is 0. The molecule has 2 heterocycles. The van der Waals surface area contributed by atoms with Crippen LogP contribution in [0.4, 0.5) is 0 Å². The molecule has 6 heteroatoms. The van der Waals surface area contributed by atoms with Crippen LogP contribution < -0.4 is 0 Å². The summed E-state index contributed by atoms with van der Waals surface area (Å²) in [7, 11) is -3.12. The third-order valence-corrected chi connectivity index (χ3v) is 5.01. The van der Waals surface area contributed by atoms with Crippen molar-refractivity contribution in [1.29, 1.82) is 0 Å². The van der Waals surface area contributed by atoms with Gasteiger partial charge in [0.25, 0.3) is 0 Å². The van der Waals surface area contributed by atoms with Crippen LogP contribution in [0.2, 0.25) is 0 Å². The molecule has 0 atom stereocenters. The standard InChI is InChI=1S/C4H6O4S2/c5-10(6)2-1-9-3-4(10)7-8-4/h1-3H2. The zero-order chi connectivity index (χ0) is 7.24. The Hall–Kier alpha value is 0.220. The molecule has 2 saturated heterocycles. The Morgan fingerprint density at radius 3 is 2.50 bits per heavy atom. The summed E-state index contributed by atoms with van der Waals surface area (Å²) in [5, 5.41) is -1.24. The lowest BCUT2D eigenvalue weighted by Gasteiger charge is -2.13. The molecule has 0 saturated carbocycles. The van der Waals surface area contributed by atoms with Gasteiger partial charge in [0, 0.05) is 5.75 Å². The summed E-state index contributed by atoms with van der Waals surface area (Å²) >= 11 is 1.54. The fraction of sp³-hybridized carbons (Fsp3) is 1.00. The van der Waals surface area contributed by atoms with Gasteiger partial charge in [-0.2, -0.15) is 21.5 Å². The fourth-order valence-corrected chi connectivity index (χ4v) is 4.17. The molecule has 0 N–H and O–H groups in total. The van der Waals surface area contributed by atoms with E-state index in [0.717, 1.165) is 0 Å². The van der Waals surface area contributed by atoms with Crippen LogP contribution in [0, 0.1) is 0 Å². The first-order valence-electron chi connectivity index (χ1n) is 2.83. The van der Waals surface area contributed by atoms with Gasteiger partial charge in [-0.05, 0) is 0 Å². The van der Waals surface area contributed by atoms with Gasteiger partial charge in [-0.3, -0.25) is 0 Å². The van der Waals surface area contributed by atoms with Crippen LogP contribution >= 0.6 is 11.8 Å². The SMILES string of the molecule is O=S1(=O)CCSCC12OO2. The first-order valence-corrected chi connectivity index (χ1v) is 5.64. The van der Waals surface area contributed by atoms with E-state index < -0.39 is 15.0 Å². The molecule has 2 fully saturated rings. The smallest absolute Gasteiger partial charge is 0.223 e. The third-order valence-electron chi connectivity index (χ3n) is 1.52. The van der Waals surface area contributed by atoms with E-state index in [-0.39, 0.29) is 5.75 Å². The summed E-state index contributed by atoms with van der Waals surface area (Å²) in [6.45, 7) is 0. The average Bonchev–Trinajstić information content (AvgIpc) is 2.59. The van der Waals surface area contributed by atoms with Crippen molar-refractivity contribution >= 4 is 21.6 Å². The summed E-state index contributed by atoms with van der Waals surface area (Å²) in [6, 6.07) is 0. The first kappa shape index (κ1) is 6.90. The first-order chi connectivity index (χ1) is 4.66. The summed E-state index contributed by atoms with van der Waals surface area (Å²) in [5.41, 5.74) is 0. The largest absolute Gasteiger partial charge is 0.340 e. The van der Waals surface area contributed by atoms with Crippen molar-refractivity contribution in [3.63, 3.8) is 0 Å². The maximum absolute atomic E-state index is 11.1. The molecule has 0 aromatic carbocycles. The Morgan fingerprint density at radius 1 is 1.40 bits per heavy atom. The van der Waals surface area contributed by atoms with Crippen LogP contribution in [-0.4, -0.2) is 30.8 Å². The van der Waals surface area contributed by atoms with E-state index in [0.29, 0.717) is 11.5 Å². The van der Waals surface area contributed by atoms with Crippen molar-refractivity contribution in [2.45, 2.75) is 5.12 Å². The number of sulfone groups is 1. The molecule has 2 aliphatic rings. The van der Waals surface area contributed by atoms with E-state index in [1.54, 1.807) is 0 Å². The van der Waals surface area contributed by atoms with Crippen molar-refractivity contribution in [3.05, 3.63) is 0 Å². The Balaban J connectivity index is 2.32. The lowest BCUT2D eigenvalue weighted by atomic mass is 10.8. The molecule has 10 heavy (non-hydrogen) atoms. The second-order valence-corrected chi connectivity index (χ2v) is 5.59. The van der Waals surface area contributed by atoms with Crippen LogP contribution in [0.5, 0.6) is 0 Å². The predicted molar refractivity (Wildman–Crippen MR) is 36.0 cm³/mol. The van der Waals surface area contributed by atoms with Crippen molar-refractivity contribution in [1.82, 2.24) is 0 Å². The van der Waals surface area contributed by atoms with Crippen LogP contribution in [-0.2, 0) is 19.6 Å². The zero-order valence-corrected chi connectivity index (χ0v) is 6.70. The molecule has 1 spiro atoms. The van der Waals surface area contributed by atoms with Crippen LogP contribution in [0.15, 0.2) is 0 Å². The van der Waals surface area contributed by atoms with Gasteiger partial charge in [-0.15, -0.1) is 0 Å². The molecular weight excluding hydrogens is 176 g/mol. The Labute approximate surface area is 62.7 Å². The van der Waals surface area contributed by atoms with Crippen molar-refractivity contribution in [2.24, 2.45) is 0 Å². The van der Waals surface area contributed by atoms with Crippen molar-refractivity contribution in [2.75, 3.05) is 17.3 Å². The Bertz CT molecular complexity index is 240. The minimum absolute atomic E-state index is 0.164. The van der Waals surface area contributed by atoms with Crippen LogP contribution in [0.1, 0.15) is 0 Å². The maximum Gasteiger partial charge on any atom is 0.340 e. The third kappa shape index (κ3) is 0.795. The van der Waals surface area contributed by atoms with Gasteiger partial charge in [0.1, 0.15) is 0 Å². The molecule has 58 valence electrons. The lowest BCUT2D eigenvalue weighted by molar-refractivity contribution is 0.0850. The molecular formula is C4H6O4S2. The summed E-state index contributed by atoms with van der Waals surface area (Å²) in [4.78, 5) is 8.89.